The van der Waals surface area contributed by atoms with Crippen LogP contribution in [0, 0.1) is 5.82 Å². The maximum atomic E-state index is 14.0. The van der Waals surface area contributed by atoms with E-state index in [9.17, 15) is 22.4 Å². The van der Waals surface area contributed by atoms with E-state index in [-0.39, 0.29) is 34.8 Å². The Morgan fingerprint density at radius 2 is 1.60 bits per heavy atom. The summed E-state index contributed by atoms with van der Waals surface area (Å²) >= 11 is 6.05. The van der Waals surface area contributed by atoms with Crippen LogP contribution in [0.3, 0.4) is 0 Å². The van der Waals surface area contributed by atoms with Crippen LogP contribution in [-0.2, 0) is 26.2 Å². The molecule has 0 unspecified atom stereocenters. The number of amides is 2. The SMILES string of the molecule is COc1ccc(S(=O)(=O)N(CC(=O)N(Cc2ccc(Cl)cc2)[C@@H](C)C(=O)NC2CCCC2)c2ccc(F)cc2)cc1OC. The van der Waals surface area contributed by atoms with Crippen LogP contribution in [0.2, 0.25) is 5.02 Å². The molecule has 1 N–H and O–H groups in total. The van der Waals surface area contributed by atoms with Crippen molar-refractivity contribution >= 4 is 39.1 Å². The number of halogens is 2. The molecule has 3 aromatic carbocycles. The van der Waals surface area contributed by atoms with Crippen LogP contribution in [0.15, 0.2) is 71.6 Å². The van der Waals surface area contributed by atoms with Crippen molar-refractivity contribution in [1.82, 2.24) is 10.2 Å². The largest absolute Gasteiger partial charge is 0.493 e. The Hall–Kier alpha value is -3.83. The zero-order valence-corrected chi connectivity index (χ0v) is 25.8. The predicted molar refractivity (Wildman–Crippen MR) is 162 cm³/mol. The Morgan fingerprint density at radius 1 is 0.977 bits per heavy atom. The monoisotopic (exact) mass is 631 g/mol. The normalized spacial score (nSPS) is 14.2. The van der Waals surface area contributed by atoms with E-state index in [1.807, 2.05) is 0 Å². The highest BCUT2D eigenvalue weighted by atomic mass is 35.5. The molecule has 43 heavy (non-hydrogen) atoms. The molecule has 0 bridgehead atoms. The Morgan fingerprint density at radius 3 is 2.21 bits per heavy atom. The van der Waals surface area contributed by atoms with Crippen LogP contribution in [-0.4, -0.2) is 58.0 Å². The molecule has 0 aliphatic heterocycles. The minimum Gasteiger partial charge on any atom is -0.493 e. The first-order chi connectivity index (χ1) is 20.5. The van der Waals surface area contributed by atoms with Gasteiger partial charge in [-0.1, -0.05) is 36.6 Å². The fourth-order valence-corrected chi connectivity index (χ4v) is 6.56. The molecule has 0 radical (unpaired) electrons. The van der Waals surface area contributed by atoms with E-state index in [2.05, 4.69) is 5.32 Å². The van der Waals surface area contributed by atoms with Crippen molar-refractivity contribution in [2.24, 2.45) is 0 Å². The van der Waals surface area contributed by atoms with Gasteiger partial charge in [0.05, 0.1) is 24.8 Å². The summed E-state index contributed by atoms with van der Waals surface area (Å²) in [4.78, 5) is 28.5. The van der Waals surface area contributed by atoms with Crippen LogP contribution in [0.25, 0.3) is 0 Å². The Bertz CT molecular complexity index is 1530. The van der Waals surface area contributed by atoms with E-state index in [1.165, 1.54) is 49.5 Å². The lowest BCUT2D eigenvalue weighted by Gasteiger charge is -2.32. The molecule has 3 aromatic rings. The van der Waals surface area contributed by atoms with E-state index < -0.39 is 34.3 Å². The summed E-state index contributed by atoms with van der Waals surface area (Å²) in [5.74, 6) is -1.03. The Kier molecular flexibility index (Phi) is 10.5. The van der Waals surface area contributed by atoms with Gasteiger partial charge in [-0.25, -0.2) is 12.8 Å². The molecular formula is C31H35ClFN3O6S. The number of carbonyl (C=O) groups is 2. The topological polar surface area (TPSA) is 105 Å². The van der Waals surface area contributed by atoms with Gasteiger partial charge >= 0.3 is 0 Å². The van der Waals surface area contributed by atoms with Gasteiger partial charge in [-0.05, 0) is 73.9 Å². The Labute approximate surface area is 256 Å². The average Bonchev–Trinajstić information content (AvgIpc) is 3.52. The summed E-state index contributed by atoms with van der Waals surface area (Å²) in [5, 5.41) is 3.54. The number of rotatable bonds is 12. The maximum absolute atomic E-state index is 14.0. The molecule has 4 rings (SSSR count). The smallest absolute Gasteiger partial charge is 0.264 e. The van der Waals surface area contributed by atoms with E-state index >= 15 is 0 Å². The van der Waals surface area contributed by atoms with Crippen LogP contribution in [0.4, 0.5) is 10.1 Å². The van der Waals surface area contributed by atoms with Gasteiger partial charge in [0, 0.05) is 23.7 Å². The van der Waals surface area contributed by atoms with Crippen LogP contribution in [0.5, 0.6) is 11.5 Å². The molecule has 1 atom stereocenters. The predicted octanol–water partition coefficient (Wildman–Crippen LogP) is 5.17. The minimum absolute atomic E-state index is 0.0307. The average molecular weight is 632 g/mol. The second-order valence-corrected chi connectivity index (χ2v) is 12.6. The van der Waals surface area contributed by atoms with Crippen LogP contribution in [0.1, 0.15) is 38.2 Å². The second-order valence-electron chi connectivity index (χ2n) is 10.3. The molecule has 1 fully saturated rings. The number of nitrogens with one attached hydrogen (secondary N) is 1. The Balaban J connectivity index is 1.71. The van der Waals surface area contributed by atoms with Gasteiger partial charge in [-0.15, -0.1) is 0 Å². The van der Waals surface area contributed by atoms with E-state index in [4.69, 9.17) is 21.1 Å². The van der Waals surface area contributed by atoms with Crippen LogP contribution >= 0.6 is 11.6 Å². The summed E-state index contributed by atoms with van der Waals surface area (Å²) in [6.07, 6.45) is 3.78. The standard InChI is InChI=1S/C31H35ClFN3O6S/c1-21(31(38)34-25-6-4-5-7-25)35(19-22-8-10-23(32)11-9-22)30(37)20-36(26-14-12-24(33)13-15-26)43(39,40)27-16-17-28(41-2)29(18-27)42-3/h8-18,21,25H,4-7,19-20H2,1-3H3,(H,34,38)/t21-/m0/s1. The van der Waals surface area contributed by atoms with Crippen LogP contribution < -0.4 is 19.1 Å². The third-order valence-corrected chi connectivity index (χ3v) is 9.49. The van der Waals surface area contributed by atoms with Crippen molar-refractivity contribution in [2.75, 3.05) is 25.1 Å². The van der Waals surface area contributed by atoms with Gasteiger partial charge in [0.1, 0.15) is 18.4 Å². The van der Waals surface area contributed by atoms with Crippen molar-refractivity contribution < 1.29 is 31.9 Å². The van der Waals surface area contributed by atoms with Crippen molar-refractivity contribution in [2.45, 2.75) is 56.1 Å². The van der Waals surface area contributed by atoms with Crippen molar-refractivity contribution in [3.05, 3.63) is 83.1 Å². The highest BCUT2D eigenvalue weighted by Crippen LogP contribution is 2.32. The van der Waals surface area contributed by atoms with Crippen molar-refractivity contribution in [3.63, 3.8) is 0 Å². The highest BCUT2D eigenvalue weighted by Gasteiger charge is 2.34. The first kappa shape index (κ1) is 32.1. The lowest BCUT2D eigenvalue weighted by molar-refractivity contribution is -0.139. The zero-order valence-electron chi connectivity index (χ0n) is 24.3. The third kappa shape index (κ3) is 7.77. The summed E-state index contributed by atoms with van der Waals surface area (Å²) < 4.78 is 53.4. The molecule has 0 spiro atoms. The fourth-order valence-electron chi connectivity index (χ4n) is 5.00. The van der Waals surface area contributed by atoms with Gasteiger partial charge < -0.3 is 19.7 Å². The van der Waals surface area contributed by atoms with E-state index in [0.717, 1.165) is 42.1 Å². The summed E-state index contributed by atoms with van der Waals surface area (Å²) in [5.41, 5.74) is 0.772. The number of anilines is 1. The number of benzene rings is 3. The number of methoxy groups -OCH3 is 2. The first-order valence-electron chi connectivity index (χ1n) is 13.9. The number of sulfonamides is 1. The third-order valence-electron chi connectivity index (χ3n) is 7.47. The van der Waals surface area contributed by atoms with E-state index in [1.54, 1.807) is 31.2 Å². The van der Waals surface area contributed by atoms with Gasteiger partial charge in [0.2, 0.25) is 11.8 Å². The summed E-state index contributed by atoms with van der Waals surface area (Å²) in [6, 6.07) is 14.8. The lowest BCUT2D eigenvalue weighted by Crippen LogP contribution is -2.52. The second kappa shape index (κ2) is 14.1. The highest BCUT2D eigenvalue weighted by molar-refractivity contribution is 7.92. The van der Waals surface area contributed by atoms with Crippen molar-refractivity contribution in [1.29, 1.82) is 0 Å². The number of ether oxygens (including phenoxy) is 2. The summed E-state index contributed by atoms with van der Waals surface area (Å²) in [6.45, 7) is 0.989. The van der Waals surface area contributed by atoms with Gasteiger partial charge in [-0.2, -0.15) is 0 Å². The summed E-state index contributed by atoms with van der Waals surface area (Å²) in [7, 11) is -1.58. The molecule has 1 aliphatic rings. The van der Waals surface area contributed by atoms with Gasteiger partial charge in [0.25, 0.3) is 10.0 Å². The van der Waals surface area contributed by atoms with Gasteiger partial charge in [0.15, 0.2) is 11.5 Å². The maximum Gasteiger partial charge on any atom is 0.264 e. The minimum atomic E-state index is -4.39. The molecule has 2 amide bonds. The molecule has 1 aliphatic carbocycles. The van der Waals surface area contributed by atoms with Gasteiger partial charge in [-0.3, -0.25) is 13.9 Å². The number of nitrogens with zero attached hydrogens (tertiary/aromatic N) is 2. The molecule has 9 nitrogen and oxygen atoms in total. The number of carbonyl (C=O) groups excluding carboxylic acids is 2. The van der Waals surface area contributed by atoms with Crippen molar-refractivity contribution in [3.8, 4) is 11.5 Å². The lowest BCUT2D eigenvalue weighted by atomic mass is 10.1. The molecular weight excluding hydrogens is 597 g/mol. The molecule has 0 aromatic heterocycles. The number of hydrogen-bond acceptors (Lipinski definition) is 6. The zero-order chi connectivity index (χ0) is 31.1. The first-order valence-corrected chi connectivity index (χ1v) is 15.7. The molecule has 0 heterocycles. The quantitative estimate of drug-likeness (QED) is 0.296. The molecule has 12 heteroatoms. The molecule has 1 saturated carbocycles. The molecule has 230 valence electrons. The molecule has 0 saturated heterocycles. The number of hydrogen-bond donors (Lipinski definition) is 1. The van der Waals surface area contributed by atoms with E-state index in [0.29, 0.717) is 16.3 Å². The fraction of sp³-hybridized carbons (Fsp3) is 0.355.